The quantitative estimate of drug-likeness (QED) is 0.888. The Morgan fingerprint density at radius 2 is 2.24 bits per heavy atom. The van der Waals surface area contributed by atoms with E-state index in [9.17, 15) is 15.2 Å². The van der Waals surface area contributed by atoms with Crippen molar-refractivity contribution in [3.05, 3.63) is 23.4 Å². The first-order valence-electron chi connectivity index (χ1n) is 7.39. The van der Waals surface area contributed by atoms with Gasteiger partial charge in [0.2, 0.25) is 0 Å². The van der Waals surface area contributed by atoms with Crippen LogP contribution in [-0.2, 0) is 4.79 Å². The minimum Gasteiger partial charge on any atom is -0.480 e. The summed E-state index contributed by atoms with van der Waals surface area (Å²) in [6.45, 7) is 3.97. The lowest BCUT2D eigenvalue weighted by Crippen LogP contribution is -2.49. The highest BCUT2D eigenvalue weighted by Gasteiger charge is 2.42. The number of aromatic nitrogens is 1. The number of aliphatic carboxylic acids is 1. The van der Waals surface area contributed by atoms with Crippen LogP contribution in [0.5, 0.6) is 0 Å². The third kappa shape index (κ3) is 2.99. The number of carboxylic acid groups (broad SMARTS) is 1. The molecule has 1 aliphatic rings. The Kier molecular flexibility index (Phi) is 4.46. The van der Waals surface area contributed by atoms with Crippen LogP contribution in [-0.4, -0.2) is 21.6 Å². The van der Waals surface area contributed by atoms with Crippen molar-refractivity contribution in [1.29, 1.82) is 5.26 Å². The van der Waals surface area contributed by atoms with Gasteiger partial charge in [0, 0.05) is 6.20 Å². The number of nitrogens with one attached hydrogen (secondary N) is 1. The minimum atomic E-state index is -1.00. The molecule has 0 amide bonds. The smallest absolute Gasteiger partial charge is 0.329 e. The van der Waals surface area contributed by atoms with Crippen LogP contribution in [0, 0.1) is 24.2 Å². The average Bonchev–Trinajstić information content (AvgIpc) is 2.48. The molecule has 2 N–H and O–H groups in total. The van der Waals surface area contributed by atoms with Gasteiger partial charge in [-0.1, -0.05) is 13.3 Å². The van der Waals surface area contributed by atoms with Crippen molar-refractivity contribution in [3.63, 3.8) is 0 Å². The highest BCUT2D eigenvalue weighted by atomic mass is 16.4. The molecule has 2 rings (SSSR count). The van der Waals surface area contributed by atoms with Crippen LogP contribution < -0.4 is 5.32 Å². The monoisotopic (exact) mass is 287 g/mol. The Bertz CT molecular complexity index is 569. The Balaban J connectivity index is 2.29. The van der Waals surface area contributed by atoms with Crippen LogP contribution in [0.2, 0.25) is 0 Å². The first-order valence-corrected chi connectivity index (χ1v) is 7.39. The second-order valence-corrected chi connectivity index (χ2v) is 5.83. The second-order valence-electron chi connectivity index (χ2n) is 5.83. The Hall–Kier alpha value is -2.09. The van der Waals surface area contributed by atoms with Gasteiger partial charge in [-0.2, -0.15) is 5.26 Å². The van der Waals surface area contributed by atoms with Gasteiger partial charge in [-0.05, 0) is 50.2 Å². The van der Waals surface area contributed by atoms with Gasteiger partial charge in [-0.15, -0.1) is 0 Å². The molecule has 1 fully saturated rings. The average molecular weight is 287 g/mol. The lowest BCUT2D eigenvalue weighted by molar-refractivity contribution is -0.143. The number of hydrogen-bond donors (Lipinski definition) is 2. The molecule has 0 spiro atoms. The first-order chi connectivity index (χ1) is 10.0. The largest absolute Gasteiger partial charge is 0.480 e. The molecule has 5 heteroatoms. The molecular weight excluding hydrogens is 266 g/mol. The molecule has 1 aromatic rings. The van der Waals surface area contributed by atoms with Gasteiger partial charge in [0.25, 0.3) is 0 Å². The van der Waals surface area contributed by atoms with Crippen molar-refractivity contribution >= 4 is 11.8 Å². The van der Waals surface area contributed by atoms with Gasteiger partial charge < -0.3 is 10.4 Å². The molecule has 0 atom stereocenters. The maximum Gasteiger partial charge on any atom is 0.329 e. The molecule has 1 aromatic heterocycles. The van der Waals surface area contributed by atoms with E-state index in [0.717, 1.165) is 24.8 Å². The van der Waals surface area contributed by atoms with E-state index < -0.39 is 11.5 Å². The van der Waals surface area contributed by atoms with Crippen LogP contribution in [0.4, 0.5) is 5.82 Å². The summed E-state index contributed by atoms with van der Waals surface area (Å²) in [7, 11) is 0. The fourth-order valence-electron chi connectivity index (χ4n) is 2.99. The number of nitriles is 1. The summed E-state index contributed by atoms with van der Waals surface area (Å²) in [5.74, 6) is 0.124. The van der Waals surface area contributed by atoms with E-state index in [1.54, 1.807) is 12.3 Å². The lowest BCUT2D eigenvalue weighted by atomic mass is 9.75. The predicted molar refractivity (Wildman–Crippen MR) is 79.9 cm³/mol. The van der Waals surface area contributed by atoms with Crippen molar-refractivity contribution in [2.45, 2.75) is 51.5 Å². The summed E-state index contributed by atoms with van der Waals surface area (Å²) in [5, 5.41) is 22.0. The Morgan fingerprint density at radius 1 is 1.57 bits per heavy atom. The molecule has 0 bridgehead atoms. The van der Waals surface area contributed by atoms with Gasteiger partial charge in [0.05, 0.1) is 5.56 Å². The number of rotatable bonds is 4. The maximum absolute atomic E-state index is 11.8. The van der Waals surface area contributed by atoms with Crippen molar-refractivity contribution in [3.8, 4) is 6.07 Å². The van der Waals surface area contributed by atoms with Gasteiger partial charge in [0.1, 0.15) is 17.4 Å². The number of carbonyl (C=O) groups is 1. The van der Waals surface area contributed by atoms with Crippen LogP contribution in [0.25, 0.3) is 0 Å². The lowest BCUT2D eigenvalue weighted by Gasteiger charge is -2.37. The zero-order valence-corrected chi connectivity index (χ0v) is 12.5. The summed E-state index contributed by atoms with van der Waals surface area (Å²) in [4.78, 5) is 16.0. The molecule has 1 heterocycles. The molecule has 5 nitrogen and oxygen atoms in total. The van der Waals surface area contributed by atoms with E-state index in [1.165, 1.54) is 0 Å². The van der Waals surface area contributed by atoms with E-state index in [1.807, 2.05) is 6.92 Å². The fraction of sp³-hybridized carbons (Fsp3) is 0.562. The normalized spacial score (nSPS) is 25.1. The number of pyridine rings is 1. The van der Waals surface area contributed by atoms with Gasteiger partial charge in [-0.25, -0.2) is 9.78 Å². The molecule has 0 aromatic carbocycles. The van der Waals surface area contributed by atoms with E-state index in [2.05, 4.69) is 23.3 Å². The summed E-state index contributed by atoms with van der Waals surface area (Å²) >= 11 is 0. The predicted octanol–water partition coefficient (Wildman–Crippen LogP) is 3.10. The standard InChI is InChI=1S/C16H21N3O2/c1-3-12-4-7-16(8-5-12,15(20)21)19-14-13(10-17)11(2)6-9-18-14/h6,9,12H,3-5,7-8H2,1-2H3,(H,18,19)(H,20,21). The Morgan fingerprint density at radius 3 is 2.76 bits per heavy atom. The fourth-order valence-corrected chi connectivity index (χ4v) is 2.99. The highest BCUT2D eigenvalue weighted by Crippen LogP contribution is 2.36. The molecule has 0 saturated heterocycles. The van der Waals surface area contributed by atoms with Crippen molar-refractivity contribution in [1.82, 2.24) is 4.98 Å². The third-order valence-corrected chi connectivity index (χ3v) is 4.57. The van der Waals surface area contributed by atoms with Gasteiger partial charge in [0.15, 0.2) is 0 Å². The van der Waals surface area contributed by atoms with Crippen LogP contribution in [0.3, 0.4) is 0 Å². The van der Waals surface area contributed by atoms with E-state index >= 15 is 0 Å². The molecule has 1 aliphatic carbocycles. The van der Waals surface area contributed by atoms with Crippen molar-refractivity contribution in [2.75, 3.05) is 5.32 Å². The van der Waals surface area contributed by atoms with E-state index in [-0.39, 0.29) is 0 Å². The van der Waals surface area contributed by atoms with Crippen molar-refractivity contribution in [2.24, 2.45) is 5.92 Å². The van der Waals surface area contributed by atoms with Gasteiger partial charge >= 0.3 is 5.97 Å². The molecule has 112 valence electrons. The number of aryl methyl sites for hydroxylation is 1. The molecule has 21 heavy (non-hydrogen) atoms. The zero-order valence-electron chi connectivity index (χ0n) is 12.5. The molecule has 0 unspecified atom stereocenters. The zero-order chi connectivity index (χ0) is 15.5. The number of anilines is 1. The van der Waals surface area contributed by atoms with E-state index in [4.69, 9.17) is 0 Å². The number of hydrogen-bond acceptors (Lipinski definition) is 4. The minimum absolute atomic E-state index is 0.384. The maximum atomic E-state index is 11.8. The topological polar surface area (TPSA) is 86.0 Å². The highest BCUT2D eigenvalue weighted by molar-refractivity contribution is 5.83. The third-order valence-electron chi connectivity index (χ3n) is 4.57. The van der Waals surface area contributed by atoms with Crippen LogP contribution >= 0.6 is 0 Å². The van der Waals surface area contributed by atoms with Crippen LogP contribution in [0.15, 0.2) is 12.3 Å². The number of carboxylic acids is 1. The Labute approximate surface area is 125 Å². The second kappa shape index (κ2) is 6.13. The summed E-state index contributed by atoms with van der Waals surface area (Å²) in [5.41, 5.74) is 0.228. The SMILES string of the molecule is CCC1CCC(Nc2nccc(C)c2C#N)(C(=O)O)CC1. The molecular formula is C16H21N3O2. The number of nitrogens with zero attached hydrogens (tertiary/aromatic N) is 2. The van der Waals surface area contributed by atoms with Gasteiger partial charge in [-0.3, -0.25) is 0 Å². The van der Waals surface area contributed by atoms with Crippen LogP contribution in [0.1, 0.15) is 50.2 Å². The summed E-state index contributed by atoms with van der Waals surface area (Å²) in [6, 6.07) is 3.87. The molecule has 0 aliphatic heterocycles. The van der Waals surface area contributed by atoms with Crippen molar-refractivity contribution < 1.29 is 9.90 Å². The molecule has 0 radical (unpaired) electrons. The molecule has 1 saturated carbocycles. The van der Waals surface area contributed by atoms with E-state index in [0.29, 0.717) is 30.1 Å². The summed E-state index contributed by atoms with van der Waals surface area (Å²) in [6.07, 6.45) is 5.61. The summed E-state index contributed by atoms with van der Waals surface area (Å²) < 4.78 is 0. The first kappa shape index (κ1) is 15.3.